The summed E-state index contributed by atoms with van der Waals surface area (Å²) < 4.78 is 5.76. The lowest BCUT2D eigenvalue weighted by molar-refractivity contribution is -0.157. The number of aliphatic hydroxyl groups excluding tert-OH is 1. The maximum atomic E-state index is 15.4. The van der Waals surface area contributed by atoms with Crippen molar-refractivity contribution in [2.75, 3.05) is 55.9 Å². The predicted octanol–water partition coefficient (Wildman–Crippen LogP) is 6.22. The standard InChI is InChI=1S/C68H116N10O13/c1-25-48-36-56(81)58(59(82)44(14)27-30-91-68-69-28-26-29-70-68)78(24)67(90)57(43(12)13)77(23)66(89)53(34-41(8)9)76(22)65(88)52(33-40(6)7)75(21)61(84)46(16)71-60(83)45(15)35-54(79)50(31-38(2)3)74(20)64(87)49(42(10)11)37-55(80)51(32-39(4)5)73(19)62(85)47(17)72(18)63(48)86/h26,28-29,38-53,57-59,82H,25,27,30-37H2,1-24H3,(H,71,83)/t44-,45+,46+,47-,48+,49-,50-,51+,52-,53-,57-,58+,59-/m1/s1. The predicted molar refractivity (Wildman–Crippen MR) is 349 cm³/mol. The van der Waals surface area contributed by atoms with E-state index in [1.54, 1.807) is 54.5 Å². The van der Waals surface area contributed by atoms with Crippen LogP contribution in [0.5, 0.6) is 6.01 Å². The van der Waals surface area contributed by atoms with Gasteiger partial charge in [0.15, 0.2) is 17.3 Å². The van der Waals surface area contributed by atoms with Crippen molar-refractivity contribution in [1.82, 2.24) is 49.6 Å². The van der Waals surface area contributed by atoms with Crippen molar-refractivity contribution in [3.05, 3.63) is 18.5 Å². The topological polar surface area (TPSA) is 278 Å². The highest BCUT2D eigenvalue weighted by molar-refractivity contribution is 6.00. The van der Waals surface area contributed by atoms with Crippen LogP contribution in [0.15, 0.2) is 18.5 Å². The van der Waals surface area contributed by atoms with Crippen LogP contribution in [0.2, 0.25) is 0 Å². The summed E-state index contributed by atoms with van der Waals surface area (Å²) in [6.45, 7) is 30.2. The summed E-state index contributed by atoms with van der Waals surface area (Å²) >= 11 is 0. The number of likely N-dealkylation sites (N-methyl/N-ethyl adjacent to an activating group) is 7. The second kappa shape index (κ2) is 36.7. The minimum atomic E-state index is -1.59. The fraction of sp³-hybridized carbons (Fsp3) is 0.779. The van der Waals surface area contributed by atoms with Gasteiger partial charge in [-0.2, -0.15) is 0 Å². The monoisotopic (exact) mass is 1280 g/mol. The molecule has 8 amide bonds. The molecule has 0 radical (unpaired) electrons. The molecule has 0 spiro atoms. The Hall–Kier alpha value is -6.39. The van der Waals surface area contributed by atoms with Crippen molar-refractivity contribution in [2.24, 2.45) is 59.2 Å². The van der Waals surface area contributed by atoms with Gasteiger partial charge in [-0.3, -0.25) is 52.7 Å². The number of hydrogen-bond acceptors (Lipinski definition) is 15. The number of aliphatic hydroxyl groups is 1. The Kier molecular flexibility index (Phi) is 32.6. The quantitative estimate of drug-likeness (QED) is 0.175. The first-order chi connectivity index (χ1) is 42.2. The van der Waals surface area contributed by atoms with Gasteiger partial charge in [-0.05, 0) is 99.9 Å². The van der Waals surface area contributed by atoms with Crippen LogP contribution in [-0.2, 0) is 52.7 Å². The van der Waals surface area contributed by atoms with Gasteiger partial charge < -0.3 is 49.5 Å². The van der Waals surface area contributed by atoms with E-state index in [1.165, 1.54) is 105 Å². The summed E-state index contributed by atoms with van der Waals surface area (Å²) in [5.41, 5.74) is 0. The van der Waals surface area contributed by atoms with Crippen LogP contribution in [0, 0.1) is 59.2 Å². The van der Waals surface area contributed by atoms with E-state index in [9.17, 15) is 38.7 Å². The highest BCUT2D eigenvalue weighted by atomic mass is 16.5. The third-order valence-electron chi connectivity index (χ3n) is 18.2. The average Bonchev–Trinajstić information content (AvgIpc) is 0.883. The van der Waals surface area contributed by atoms with E-state index in [1.807, 2.05) is 55.4 Å². The highest BCUT2D eigenvalue weighted by Gasteiger charge is 2.46. The van der Waals surface area contributed by atoms with Crippen molar-refractivity contribution in [1.29, 1.82) is 0 Å². The lowest BCUT2D eigenvalue weighted by atomic mass is 9.84. The molecular formula is C68H116N10O13. The van der Waals surface area contributed by atoms with E-state index in [-0.39, 0.29) is 87.7 Å². The largest absolute Gasteiger partial charge is 0.463 e. The number of ether oxygens (including phenoxy) is 1. The Morgan fingerprint density at radius 1 is 0.495 bits per heavy atom. The molecule has 1 saturated heterocycles. The fourth-order valence-electron chi connectivity index (χ4n) is 12.1. The maximum absolute atomic E-state index is 15.4. The highest BCUT2D eigenvalue weighted by Crippen LogP contribution is 2.30. The number of carbonyl (C=O) groups excluding carboxylic acids is 11. The number of nitrogens with one attached hydrogen (secondary N) is 1. The van der Waals surface area contributed by atoms with Crippen LogP contribution in [0.1, 0.15) is 175 Å². The number of ketones is 3. The Bertz CT molecular complexity index is 2620. The van der Waals surface area contributed by atoms with Crippen LogP contribution < -0.4 is 10.1 Å². The number of Topliss-reactive ketones (excluding diaryl/α,β-unsaturated/α-hetero) is 3. The van der Waals surface area contributed by atoms with Crippen LogP contribution in [0.3, 0.4) is 0 Å². The molecule has 91 heavy (non-hydrogen) atoms. The zero-order valence-electron chi connectivity index (χ0n) is 59.6. The molecule has 1 fully saturated rings. The van der Waals surface area contributed by atoms with E-state index >= 15 is 19.2 Å². The first kappa shape index (κ1) is 80.7. The molecule has 516 valence electrons. The third-order valence-corrected chi connectivity index (χ3v) is 18.2. The van der Waals surface area contributed by atoms with Crippen LogP contribution in [-0.4, -0.2) is 224 Å². The van der Waals surface area contributed by atoms with Gasteiger partial charge in [-0.1, -0.05) is 104 Å². The van der Waals surface area contributed by atoms with Gasteiger partial charge >= 0.3 is 6.01 Å². The summed E-state index contributed by atoms with van der Waals surface area (Å²) in [7, 11) is 10.2. The molecule has 0 aliphatic carbocycles. The Morgan fingerprint density at radius 3 is 1.38 bits per heavy atom. The molecule has 1 aromatic heterocycles. The molecule has 13 atom stereocenters. The molecule has 1 aromatic rings. The Balaban J connectivity index is 3.00. The van der Waals surface area contributed by atoms with Crippen molar-refractivity contribution >= 4 is 64.6 Å². The molecule has 0 bridgehead atoms. The molecule has 2 heterocycles. The number of amides is 8. The molecule has 23 heteroatoms. The molecule has 1 aliphatic heterocycles. The van der Waals surface area contributed by atoms with Crippen molar-refractivity contribution in [2.45, 2.75) is 230 Å². The van der Waals surface area contributed by atoms with Gasteiger partial charge in [0.1, 0.15) is 36.3 Å². The van der Waals surface area contributed by atoms with Gasteiger partial charge in [-0.15, -0.1) is 0 Å². The molecule has 2 rings (SSSR count). The number of carbonyl (C=O) groups is 11. The third kappa shape index (κ3) is 22.4. The van der Waals surface area contributed by atoms with Gasteiger partial charge in [0, 0.05) is 98.7 Å². The van der Waals surface area contributed by atoms with Crippen molar-refractivity contribution in [3.8, 4) is 6.01 Å². The number of nitrogens with zero attached hydrogens (tertiary/aromatic N) is 9. The number of rotatable bonds is 17. The van der Waals surface area contributed by atoms with Gasteiger partial charge in [0.25, 0.3) is 0 Å². The lowest BCUT2D eigenvalue weighted by Crippen LogP contribution is -2.62. The second-order valence-corrected chi connectivity index (χ2v) is 28.3. The zero-order valence-corrected chi connectivity index (χ0v) is 59.6. The van der Waals surface area contributed by atoms with E-state index in [2.05, 4.69) is 15.3 Å². The van der Waals surface area contributed by atoms with E-state index < -0.39 is 161 Å². The van der Waals surface area contributed by atoms with Crippen LogP contribution >= 0.6 is 0 Å². The van der Waals surface area contributed by atoms with Gasteiger partial charge in [0.05, 0.1) is 24.8 Å². The smallest absolute Gasteiger partial charge is 0.316 e. The fourth-order valence-corrected chi connectivity index (χ4v) is 12.1. The molecular weight excluding hydrogens is 1160 g/mol. The van der Waals surface area contributed by atoms with Crippen LogP contribution in [0.4, 0.5) is 0 Å². The summed E-state index contributed by atoms with van der Waals surface area (Å²) in [6, 6.07) is -7.81. The van der Waals surface area contributed by atoms with E-state index in [4.69, 9.17) is 4.74 Å². The second-order valence-electron chi connectivity index (χ2n) is 28.3. The summed E-state index contributed by atoms with van der Waals surface area (Å²) in [4.78, 5) is 180. The molecule has 23 nitrogen and oxygen atoms in total. The van der Waals surface area contributed by atoms with Gasteiger partial charge in [0.2, 0.25) is 47.3 Å². The van der Waals surface area contributed by atoms with Crippen LogP contribution in [0.25, 0.3) is 0 Å². The Labute approximate surface area is 544 Å². The molecule has 2 N–H and O–H groups in total. The summed E-state index contributed by atoms with van der Waals surface area (Å²) in [5, 5.41) is 15.1. The molecule has 0 saturated carbocycles. The van der Waals surface area contributed by atoms with E-state index in [0.717, 1.165) is 4.90 Å². The Morgan fingerprint density at radius 2 is 0.923 bits per heavy atom. The number of aromatic nitrogens is 2. The normalized spacial score (nSPS) is 26.8. The first-order valence-corrected chi connectivity index (χ1v) is 33.0. The molecule has 0 unspecified atom stereocenters. The minimum absolute atomic E-state index is 0.0205. The zero-order chi connectivity index (χ0) is 70.0. The average molecular weight is 1280 g/mol. The first-order valence-electron chi connectivity index (χ1n) is 33.0. The minimum Gasteiger partial charge on any atom is -0.463 e. The number of hydrogen-bond donors (Lipinski definition) is 2. The SMILES string of the molecule is CC[C@H]1CC(=O)[C@@H]([C@H](O)[C@H](C)CCOc2ncccn2)N(C)C(=O)[C@@H](C(C)C)N(C)C(=O)[C@@H](CC(C)C)N(C)C(=O)[C@@H](CC(C)C)N(C)C(=O)[C@H](C)NC(=O)[C@@H](C)CC(=O)[C@@H](CC(C)C)N(C)C(=O)[C@@H](C(C)C)CC(=O)[C@H](CC(C)C)N(C)C(=O)[C@@H](C)N(C)C1=O. The molecule has 0 aromatic carbocycles. The molecule has 1 aliphatic rings. The van der Waals surface area contributed by atoms with E-state index in [0.29, 0.717) is 0 Å². The summed E-state index contributed by atoms with van der Waals surface area (Å²) in [6.07, 6.45) is 1.45. The van der Waals surface area contributed by atoms with Crippen molar-refractivity contribution in [3.63, 3.8) is 0 Å². The summed E-state index contributed by atoms with van der Waals surface area (Å²) in [5.74, 6) is -11.4. The van der Waals surface area contributed by atoms with Gasteiger partial charge in [-0.25, -0.2) is 9.97 Å². The van der Waals surface area contributed by atoms with Crippen molar-refractivity contribution < 1.29 is 62.6 Å². The maximum Gasteiger partial charge on any atom is 0.316 e. The lowest BCUT2D eigenvalue weighted by Gasteiger charge is -2.41.